The monoisotopic (exact) mass is 347 g/mol. The van der Waals surface area contributed by atoms with Crippen molar-refractivity contribution in [1.29, 1.82) is 0 Å². The maximum atomic E-state index is 13.0. The highest BCUT2D eigenvalue weighted by molar-refractivity contribution is 7.14. The molecule has 2 aliphatic heterocycles. The Balaban J connectivity index is 1.47. The second kappa shape index (κ2) is 6.39. The van der Waals surface area contributed by atoms with Crippen LogP contribution < -0.4 is 5.32 Å². The molecule has 2 atom stereocenters. The molecule has 0 saturated carbocycles. The molecule has 2 saturated heterocycles. The van der Waals surface area contributed by atoms with E-state index in [1.165, 1.54) is 16.9 Å². The average Bonchev–Trinajstić information content (AvgIpc) is 3.20. The highest BCUT2D eigenvalue weighted by atomic mass is 32.1. The number of carbonyl (C=O) groups is 2. The molecule has 1 N–H and O–H groups in total. The first-order chi connectivity index (χ1) is 11.6. The molecule has 0 bridgehead atoms. The minimum Gasteiger partial charge on any atom is -0.336 e. The van der Waals surface area contributed by atoms with Crippen molar-refractivity contribution in [2.75, 3.05) is 26.2 Å². The lowest BCUT2D eigenvalue weighted by Crippen LogP contribution is -2.50. The number of amides is 3. The number of rotatable bonds is 2. The van der Waals surface area contributed by atoms with Gasteiger partial charge in [-0.1, -0.05) is 6.92 Å². The number of nitrogens with one attached hydrogen (secondary N) is 1. The molecule has 4 rings (SSSR count). The molecular formula is C18H25N3O2S. The number of aryl methyl sites for hydroxylation is 1. The molecule has 1 aromatic heterocycles. The normalized spacial score (nSPS) is 27.1. The molecule has 6 heteroatoms. The molecule has 3 aliphatic rings. The molecule has 130 valence electrons. The van der Waals surface area contributed by atoms with Gasteiger partial charge in [-0.05, 0) is 49.7 Å². The summed E-state index contributed by atoms with van der Waals surface area (Å²) in [7, 11) is 0. The molecule has 3 amide bonds. The van der Waals surface area contributed by atoms with Crippen LogP contribution in [-0.2, 0) is 12.8 Å². The van der Waals surface area contributed by atoms with E-state index in [0.717, 1.165) is 56.1 Å². The predicted octanol–water partition coefficient (Wildman–Crippen LogP) is 2.50. The number of likely N-dealkylation sites (tertiary alicyclic amines) is 1. The van der Waals surface area contributed by atoms with Gasteiger partial charge in [0.2, 0.25) is 0 Å². The van der Waals surface area contributed by atoms with E-state index in [2.05, 4.69) is 18.3 Å². The Bertz CT molecular complexity index is 657. The summed E-state index contributed by atoms with van der Waals surface area (Å²) in [4.78, 5) is 31.0. The zero-order valence-corrected chi connectivity index (χ0v) is 15.0. The van der Waals surface area contributed by atoms with Crippen molar-refractivity contribution in [3.05, 3.63) is 21.4 Å². The van der Waals surface area contributed by atoms with Gasteiger partial charge in [0.1, 0.15) is 0 Å². The quantitative estimate of drug-likeness (QED) is 0.894. The molecule has 0 unspecified atom stereocenters. The van der Waals surface area contributed by atoms with Crippen LogP contribution in [0.1, 0.15) is 46.3 Å². The molecular weight excluding hydrogens is 322 g/mol. The molecule has 1 aromatic rings. The van der Waals surface area contributed by atoms with Gasteiger partial charge in [-0.3, -0.25) is 4.79 Å². The summed E-state index contributed by atoms with van der Waals surface area (Å²) < 4.78 is 0. The number of nitrogens with zero attached hydrogens (tertiary/aromatic N) is 2. The van der Waals surface area contributed by atoms with Crippen LogP contribution in [-0.4, -0.2) is 54.0 Å². The van der Waals surface area contributed by atoms with Crippen molar-refractivity contribution >= 4 is 23.3 Å². The first-order valence-corrected chi connectivity index (χ1v) is 9.89. The molecule has 0 aromatic carbocycles. The van der Waals surface area contributed by atoms with Gasteiger partial charge in [-0.2, -0.15) is 0 Å². The van der Waals surface area contributed by atoms with E-state index < -0.39 is 0 Å². The van der Waals surface area contributed by atoms with E-state index in [9.17, 15) is 9.59 Å². The molecule has 5 nitrogen and oxygen atoms in total. The van der Waals surface area contributed by atoms with Gasteiger partial charge in [0.15, 0.2) is 0 Å². The number of fused-ring (bicyclic) bond motifs is 1. The molecule has 0 spiro atoms. The third-order valence-electron chi connectivity index (χ3n) is 5.55. The Kier molecular flexibility index (Phi) is 4.24. The van der Waals surface area contributed by atoms with Gasteiger partial charge in [0.25, 0.3) is 5.91 Å². The Hall–Kier alpha value is -1.56. The van der Waals surface area contributed by atoms with Gasteiger partial charge >= 0.3 is 6.03 Å². The highest BCUT2D eigenvalue weighted by Gasteiger charge is 2.33. The first kappa shape index (κ1) is 15.9. The largest absolute Gasteiger partial charge is 0.336 e. The summed E-state index contributed by atoms with van der Waals surface area (Å²) in [5, 5.41) is 2.87. The van der Waals surface area contributed by atoms with Crippen molar-refractivity contribution in [2.24, 2.45) is 5.92 Å². The van der Waals surface area contributed by atoms with Gasteiger partial charge in [-0.25, -0.2) is 4.79 Å². The maximum absolute atomic E-state index is 13.0. The van der Waals surface area contributed by atoms with Crippen LogP contribution in [0.2, 0.25) is 0 Å². The van der Waals surface area contributed by atoms with Crippen molar-refractivity contribution in [3.8, 4) is 0 Å². The zero-order chi connectivity index (χ0) is 16.7. The number of hydrogen-bond donors (Lipinski definition) is 1. The van der Waals surface area contributed by atoms with E-state index in [-0.39, 0.29) is 18.0 Å². The summed E-state index contributed by atoms with van der Waals surface area (Å²) >= 11 is 1.69. The Morgan fingerprint density at radius 2 is 2.21 bits per heavy atom. The van der Waals surface area contributed by atoms with E-state index in [1.807, 2.05) is 9.80 Å². The van der Waals surface area contributed by atoms with Crippen LogP contribution in [0.3, 0.4) is 0 Å². The third kappa shape index (κ3) is 2.92. The number of piperidine rings is 1. The number of hydrogen-bond acceptors (Lipinski definition) is 3. The van der Waals surface area contributed by atoms with E-state index in [0.29, 0.717) is 6.54 Å². The van der Waals surface area contributed by atoms with Crippen molar-refractivity contribution < 1.29 is 9.59 Å². The molecule has 2 fully saturated rings. The predicted molar refractivity (Wildman–Crippen MR) is 94.5 cm³/mol. The SMILES string of the molecule is C[C@H]1CCc2sc(C(=O)N3CCC[C@@H](N4CCNC4=O)C3)cc2C1. The van der Waals surface area contributed by atoms with Gasteiger partial charge in [-0.15, -0.1) is 11.3 Å². The lowest BCUT2D eigenvalue weighted by atomic mass is 9.90. The van der Waals surface area contributed by atoms with Crippen LogP contribution in [0.4, 0.5) is 4.79 Å². The Morgan fingerprint density at radius 1 is 1.33 bits per heavy atom. The zero-order valence-electron chi connectivity index (χ0n) is 14.2. The van der Waals surface area contributed by atoms with Crippen LogP contribution in [0.25, 0.3) is 0 Å². The first-order valence-electron chi connectivity index (χ1n) is 9.07. The third-order valence-corrected chi connectivity index (χ3v) is 6.78. The minimum absolute atomic E-state index is 0.0230. The minimum atomic E-state index is 0.0230. The Labute approximate surface area is 147 Å². The van der Waals surface area contributed by atoms with E-state index in [1.54, 1.807) is 11.3 Å². The molecule has 0 radical (unpaired) electrons. The summed E-state index contributed by atoms with van der Waals surface area (Å²) in [5.74, 6) is 0.884. The second-order valence-electron chi connectivity index (χ2n) is 7.38. The van der Waals surface area contributed by atoms with Gasteiger partial charge in [0.05, 0.1) is 10.9 Å². The topological polar surface area (TPSA) is 52.7 Å². The van der Waals surface area contributed by atoms with Gasteiger partial charge in [0, 0.05) is 31.1 Å². The average molecular weight is 347 g/mol. The van der Waals surface area contributed by atoms with Crippen LogP contribution in [0.5, 0.6) is 0 Å². The summed E-state index contributed by atoms with van der Waals surface area (Å²) in [6.45, 7) is 5.25. The van der Waals surface area contributed by atoms with Gasteiger partial charge < -0.3 is 15.1 Å². The lowest BCUT2D eigenvalue weighted by molar-refractivity contribution is 0.0639. The standard InChI is InChI=1S/C18H25N3O2S/c1-12-4-5-15-13(9-12)10-16(24-15)17(22)20-7-2-3-14(11-20)21-8-6-19-18(21)23/h10,12,14H,2-9,11H2,1H3,(H,19,23)/t12-,14+/m0/s1. The maximum Gasteiger partial charge on any atom is 0.317 e. The fourth-order valence-corrected chi connectivity index (χ4v) is 5.37. The van der Waals surface area contributed by atoms with E-state index in [4.69, 9.17) is 0 Å². The highest BCUT2D eigenvalue weighted by Crippen LogP contribution is 2.33. The Morgan fingerprint density at radius 3 is 3.00 bits per heavy atom. The summed E-state index contributed by atoms with van der Waals surface area (Å²) in [6, 6.07) is 2.32. The lowest BCUT2D eigenvalue weighted by Gasteiger charge is -2.36. The fraction of sp³-hybridized carbons (Fsp3) is 0.667. The molecule has 1 aliphatic carbocycles. The molecule has 24 heavy (non-hydrogen) atoms. The number of urea groups is 1. The fourth-order valence-electron chi connectivity index (χ4n) is 4.20. The summed E-state index contributed by atoms with van der Waals surface area (Å²) in [5.41, 5.74) is 1.38. The van der Waals surface area contributed by atoms with Crippen LogP contribution in [0.15, 0.2) is 6.07 Å². The van der Waals surface area contributed by atoms with E-state index >= 15 is 0 Å². The number of thiophene rings is 1. The smallest absolute Gasteiger partial charge is 0.317 e. The van der Waals surface area contributed by atoms with Crippen LogP contribution >= 0.6 is 11.3 Å². The molecule has 3 heterocycles. The van der Waals surface area contributed by atoms with Crippen molar-refractivity contribution in [3.63, 3.8) is 0 Å². The second-order valence-corrected chi connectivity index (χ2v) is 8.52. The van der Waals surface area contributed by atoms with Crippen molar-refractivity contribution in [1.82, 2.24) is 15.1 Å². The van der Waals surface area contributed by atoms with Crippen LogP contribution in [0, 0.1) is 5.92 Å². The number of carbonyl (C=O) groups excluding carboxylic acids is 2. The van der Waals surface area contributed by atoms with Crippen molar-refractivity contribution in [2.45, 2.75) is 45.1 Å². The summed E-state index contributed by atoms with van der Waals surface area (Å²) in [6.07, 6.45) is 5.43.